The van der Waals surface area contributed by atoms with Crippen LogP contribution in [0.3, 0.4) is 0 Å². The van der Waals surface area contributed by atoms with E-state index in [2.05, 4.69) is 5.32 Å². The Balaban J connectivity index is 2.03. The van der Waals surface area contributed by atoms with Gasteiger partial charge in [0.1, 0.15) is 9.79 Å². The SMILES string of the molecule is CNCC1CCCN1S(=O)(=O)c1ccccc1S(=O)(=O)N1CCCC1. The lowest BCUT2D eigenvalue weighted by molar-refractivity contribution is 0.377. The quantitative estimate of drug-likeness (QED) is 0.782. The molecule has 3 rings (SSSR count). The summed E-state index contributed by atoms with van der Waals surface area (Å²) >= 11 is 0. The molecule has 140 valence electrons. The highest BCUT2D eigenvalue weighted by Gasteiger charge is 2.39. The summed E-state index contributed by atoms with van der Waals surface area (Å²) in [6, 6.07) is 5.84. The zero-order valence-corrected chi connectivity index (χ0v) is 16.0. The summed E-state index contributed by atoms with van der Waals surface area (Å²) < 4.78 is 55.2. The van der Waals surface area contributed by atoms with E-state index >= 15 is 0 Å². The van der Waals surface area contributed by atoms with E-state index in [0.717, 1.165) is 25.7 Å². The minimum atomic E-state index is -3.87. The Morgan fingerprint density at radius 3 is 2.16 bits per heavy atom. The van der Waals surface area contributed by atoms with Gasteiger partial charge in [0.05, 0.1) is 0 Å². The average molecular weight is 388 g/mol. The molecule has 0 radical (unpaired) electrons. The number of likely N-dealkylation sites (N-methyl/N-ethyl adjacent to an activating group) is 1. The molecule has 2 aliphatic rings. The van der Waals surface area contributed by atoms with Crippen molar-refractivity contribution >= 4 is 20.0 Å². The highest BCUT2D eigenvalue weighted by atomic mass is 32.2. The van der Waals surface area contributed by atoms with Gasteiger partial charge in [-0.25, -0.2) is 16.8 Å². The third kappa shape index (κ3) is 3.48. The van der Waals surface area contributed by atoms with E-state index in [1.165, 1.54) is 20.7 Å². The first kappa shape index (κ1) is 18.8. The molecule has 0 amide bonds. The Bertz CT molecular complexity index is 818. The van der Waals surface area contributed by atoms with Gasteiger partial charge in [-0.1, -0.05) is 12.1 Å². The largest absolute Gasteiger partial charge is 0.318 e. The zero-order valence-electron chi connectivity index (χ0n) is 14.4. The van der Waals surface area contributed by atoms with E-state index in [-0.39, 0.29) is 15.8 Å². The first-order chi connectivity index (χ1) is 11.9. The van der Waals surface area contributed by atoms with Crippen LogP contribution in [0.5, 0.6) is 0 Å². The lowest BCUT2D eigenvalue weighted by Gasteiger charge is -2.25. The summed E-state index contributed by atoms with van der Waals surface area (Å²) in [6.07, 6.45) is 3.18. The summed E-state index contributed by atoms with van der Waals surface area (Å²) in [5, 5.41) is 3.02. The van der Waals surface area contributed by atoms with Crippen molar-refractivity contribution in [1.82, 2.24) is 13.9 Å². The molecule has 0 aromatic heterocycles. The Morgan fingerprint density at radius 1 is 0.960 bits per heavy atom. The molecule has 7 nitrogen and oxygen atoms in total. The number of rotatable bonds is 6. The van der Waals surface area contributed by atoms with Gasteiger partial charge in [-0.15, -0.1) is 0 Å². The first-order valence-corrected chi connectivity index (χ1v) is 11.5. The van der Waals surface area contributed by atoms with Gasteiger partial charge < -0.3 is 5.32 Å². The number of nitrogens with one attached hydrogen (secondary N) is 1. The molecule has 0 bridgehead atoms. The Labute approximate surface area is 150 Å². The minimum Gasteiger partial charge on any atom is -0.318 e. The van der Waals surface area contributed by atoms with Crippen LogP contribution in [0.4, 0.5) is 0 Å². The molecule has 1 atom stereocenters. The van der Waals surface area contributed by atoms with Crippen LogP contribution in [0.15, 0.2) is 34.1 Å². The molecule has 0 saturated carbocycles. The molecular weight excluding hydrogens is 362 g/mol. The predicted octanol–water partition coefficient (Wildman–Crippen LogP) is 0.844. The molecule has 1 N–H and O–H groups in total. The van der Waals surface area contributed by atoms with Gasteiger partial charge in [0.2, 0.25) is 20.0 Å². The summed E-state index contributed by atoms with van der Waals surface area (Å²) in [5.41, 5.74) is 0. The zero-order chi connectivity index (χ0) is 18.1. The van der Waals surface area contributed by atoms with Crippen molar-refractivity contribution in [3.8, 4) is 0 Å². The fourth-order valence-corrected chi connectivity index (χ4v) is 7.62. The maximum Gasteiger partial charge on any atom is 0.244 e. The van der Waals surface area contributed by atoms with Crippen molar-refractivity contribution in [3.05, 3.63) is 24.3 Å². The van der Waals surface area contributed by atoms with Crippen molar-refractivity contribution in [2.24, 2.45) is 0 Å². The van der Waals surface area contributed by atoms with Gasteiger partial charge in [-0.3, -0.25) is 0 Å². The van der Waals surface area contributed by atoms with Crippen LogP contribution in [0.1, 0.15) is 25.7 Å². The second-order valence-corrected chi connectivity index (χ2v) is 10.3. The van der Waals surface area contributed by atoms with Crippen LogP contribution in [0.25, 0.3) is 0 Å². The summed E-state index contributed by atoms with van der Waals surface area (Å²) in [7, 11) is -5.88. The molecular formula is C16H25N3O4S2. The Hall–Kier alpha value is -1.00. The summed E-state index contributed by atoms with van der Waals surface area (Å²) in [5.74, 6) is 0. The van der Waals surface area contributed by atoms with Crippen LogP contribution < -0.4 is 5.32 Å². The van der Waals surface area contributed by atoms with Gasteiger partial charge in [-0.2, -0.15) is 8.61 Å². The highest BCUT2D eigenvalue weighted by molar-refractivity contribution is 7.92. The van der Waals surface area contributed by atoms with Crippen LogP contribution in [-0.2, 0) is 20.0 Å². The average Bonchev–Trinajstić information content (AvgIpc) is 3.27. The fraction of sp³-hybridized carbons (Fsp3) is 0.625. The van der Waals surface area contributed by atoms with Crippen LogP contribution >= 0.6 is 0 Å². The Morgan fingerprint density at radius 2 is 1.56 bits per heavy atom. The van der Waals surface area contributed by atoms with E-state index in [1.54, 1.807) is 19.2 Å². The fourth-order valence-electron chi connectivity index (χ4n) is 3.64. The number of hydrogen-bond donors (Lipinski definition) is 1. The Kier molecular flexibility index (Phi) is 5.50. The molecule has 0 aliphatic carbocycles. The molecule has 1 aromatic carbocycles. The lowest BCUT2D eigenvalue weighted by Crippen LogP contribution is -2.41. The smallest absolute Gasteiger partial charge is 0.244 e. The second-order valence-electron chi connectivity index (χ2n) is 6.53. The standard InChI is InChI=1S/C16H25N3O4S2/c1-17-13-14-7-6-12-19(14)25(22,23)16-9-3-2-8-15(16)24(20,21)18-10-4-5-11-18/h2-3,8-9,14,17H,4-7,10-13H2,1H3. The number of sulfonamides is 2. The van der Waals surface area contributed by atoms with Gasteiger partial charge in [0.15, 0.2) is 0 Å². The van der Waals surface area contributed by atoms with Crippen molar-refractivity contribution < 1.29 is 16.8 Å². The molecule has 25 heavy (non-hydrogen) atoms. The lowest BCUT2D eigenvalue weighted by atomic mass is 10.2. The molecule has 2 heterocycles. The summed E-state index contributed by atoms with van der Waals surface area (Å²) in [4.78, 5) is -0.211. The first-order valence-electron chi connectivity index (χ1n) is 8.64. The molecule has 1 unspecified atom stereocenters. The van der Waals surface area contributed by atoms with Crippen LogP contribution in [-0.4, -0.2) is 64.7 Å². The summed E-state index contributed by atoms with van der Waals surface area (Å²) in [6.45, 7) is 1.87. The highest BCUT2D eigenvalue weighted by Crippen LogP contribution is 2.32. The van der Waals surface area contributed by atoms with E-state index in [1.807, 2.05) is 0 Å². The van der Waals surface area contributed by atoms with Crippen LogP contribution in [0.2, 0.25) is 0 Å². The normalized spacial score (nSPS) is 23.3. The van der Waals surface area contributed by atoms with Gasteiger partial charge in [-0.05, 0) is 44.9 Å². The molecule has 9 heteroatoms. The van der Waals surface area contributed by atoms with E-state index in [9.17, 15) is 16.8 Å². The molecule has 2 aliphatic heterocycles. The van der Waals surface area contributed by atoms with Crippen molar-refractivity contribution in [2.45, 2.75) is 41.5 Å². The minimum absolute atomic E-state index is 0.105. The van der Waals surface area contributed by atoms with Gasteiger partial charge >= 0.3 is 0 Å². The molecule has 2 saturated heterocycles. The van der Waals surface area contributed by atoms with E-state index < -0.39 is 20.0 Å². The van der Waals surface area contributed by atoms with Crippen molar-refractivity contribution in [3.63, 3.8) is 0 Å². The van der Waals surface area contributed by atoms with E-state index in [0.29, 0.717) is 26.2 Å². The number of hydrogen-bond acceptors (Lipinski definition) is 5. The van der Waals surface area contributed by atoms with Gasteiger partial charge in [0, 0.05) is 32.2 Å². The van der Waals surface area contributed by atoms with Crippen LogP contribution in [0, 0.1) is 0 Å². The monoisotopic (exact) mass is 387 g/mol. The van der Waals surface area contributed by atoms with Gasteiger partial charge in [0.25, 0.3) is 0 Å². The maximum absolute atomic E-state index is 13.2. The van der Waals surface area contributed by atoms with Crippen molar-refractivity contribution in [1.29, 1.82) is 0 Å². The van der Waals surface area contributed by atoms with Crippen molar-refractivity contribution in [2.75, 3.05) is 33.2 Å². The van der Waals surface area contributed by atoms with E-state index in [4.69, 9.17) is 0 Å². The molecule has 2 fully saturated rings. The maximum atomic E-state index is 13.2. The predicted molar refractivity (Wildman–Crippen MR) is 95.3 cm³/mol. The number of nitrogens with zero attached hydrogens (tertiary/aromatic N) is 2. The molecule has 1 aromatic rings. The third-order valence-corrected chi connectivity index (χ3v) is 8.98. The topological polar surface area (TPSA) is 86.8 Å². The second kappa shape index (κ2) is 7.32. The third-order valence-electron chi connectivity index (χ3n) is 4.88. The molecule has 0 spiro atoms. The number of benzene rings is 1.